The molecule has 0 spiro atoms. The highest BCUT2D eigenvalue weighted by molar-refractivity contribution is 6.77. The molecule has 0 bridgehead atoms. The van der Waals surface area contributed by atoms with Gasteiger partial charge in [0.25, 0.3) is 0 Å². The van der Waals surface area contributed by atoms with Crippen LogP contribution in [0.4, 0.5) is 0 Å². The molecule has 0 saturated heterocycles. The molecule has 0 aromatic heterocycles. The summed E-state index contributed by atoms with van der Waals surface area (Å²) in [6, 6.07) is 0. The number of rotatable bonds is 2. The highest BCUT2D eigenvalue weighted by Crippen LogP contribution is 2.18. The van der Waals surface area contributed by atoms with Crippen molar-refractivity contribution in [3.05, 3.63) is 0 Å². The van der Waals surface area contributed by atoms with Gasteiger partial charge in [0.05, 0.1) is 0 Å². The standard InChI is InChI=1S/2C6H16Si/c2*1-6(2)7(3,4)5/h2*6H,1-5H3. The minimum atomic E-state index is -0.735. The zero-order chi connectivity index (χ0) is 12.2. The largest absolute Gasteiger partial charge is 0.0694 e. The van der Waals surface area contributed by atoms with Gasteiger partial charge in [0.15, 0.2) is 0 Å². The Kier molecular flexibility index (Phi) is 7.36. The zero-order valence-electron chi connectivity index (χ0n) is 12.2. The summed E-state index contributed by atoms with van der Waals surface area (Å²) in [4.78, 5) is 0. The molecule has 0 nitrogen and oxygen atoms in total. The smallest absolute Gasteiger partial charge is 0.0468 e. The van der Waals surface area contributed by atoms with Crippen LogP contribution >= 0.6 is 0 Å². The summed E-state index contributed by atoms with van der Waals surface area (Å²) in [5, 5.41) is 0. The molecular formula is C12H32Si2. The summed E-state index contributed by atoms with van der Waals surface area (Å²) in [7, 11) is -1.47. The Morgan fingerprint density at radius 3 is 0.571 bits per heavy atom. The van der Waals surface area contributed by atoms with Crippen molar-refractivity contribution in [3.8, 4) is 0 Å². The Balaban J connectivity index is 0. The molecule has 2 heteroatoms. The Morgan fingerprint density at radius 1 is 0.500 bits per heavy atom. The first-order chi connectivity index (χ1) is 5.89. The van der Waals surface area contributed by atoms with Crippen molar-refractivity contribution in [2.24, 2.45) is 0 Å². The molecule has 0 saturated carbocycles. The SMILES string of the molecule is CC(C)[Si](C)(C)C.CC(C)[Si](C)(C)C. The summed E-state index contributed by atoms with van der Waals surface area (Å²) < 4.78 is 0. The second-order valence-corrected chi connectivity index (χ2v) is 18.8. The van der Waals surface area contributed by atoms with Crippen LogP contribution in [-0.4, -0.2) is 16.1 Å². The molecule has 88 valence electrons. The summed E-state index contributed by atoms with van der Waals surface area (Å²) in [5.41, 5.74) is 1.87. The van der Waals surface area contributed by atoms with Crippen LogP contribution < -0.4 is 0 Å². The van der Waals surface area contributed by atoms with Gasteiger partial charge in [-0.3, -0.25) is 0 Å². The van der Waals surface area contributed by atoms with Gasteiger partial charge in [0, 0.05) is 16.1 Å². The van der Waals surface area contributed by atoms with Crippen molar-refractivity contribution < 1.29 is 0 Å². The first kappa shape index (κ1) is 16.8. The van der Waals surface area contributed by atoms with Gasteiger partial charge < -0.3 is 0 Å². The predicted octanol–water partition coefficient (Wildman–Crippen LogP) is 5.47. The molecule has 0 aliphatic heterocycles. The van der Waals surface area contributed by atoms with Crippen molar-refractivity contribution in [2.45, 2.75) is 78.1 Å². The van der Waals surface area contributed by atoms with Crippen LogP contribution in [0.5, 0.6) is 0 Å². The lowest BCUT2D eigenvalue weighted by atomic mass is 10.6. The lowest BCUT2D eigenvalue weighted by molar-refractivity contribution is 1.01. The molecule has 0 aliphatic rings. The minimum Gasteiger partial charge on any atom is -0.0694 e. The molecule has 0 rings (SSSR count). The first-order valence-corrected chi connectivity index (χ1v) is 13.0. The third kappa shape index (κ3) is 10.5. The summed E-state index contributed by atoms with van der Waals surface area (Å²) in [6.07, 6.45) is 0. The highest BCUT2D eigenvalue weighted by Gasteiger charge is 2.17. The maximum absolute atomic E-state index is 2.40. The fourth-order valence-electron chi connectivity index (χ4n) is 0. The van der Waals surface area contributed by atoms with Crippen molar-refractivity contribution in [2.75, 3.05) is 0 Å². The second kappa shape index (κ2) is 6.11. The van der Waals surface area contributed by atoms with Gasteiger partial charge in [-0.1, -0.05) is 78.1 Å². The molecular weight excluding hydrogens is 200 g/mol. The molecule has 0 radical (unpaired) electrons. The number of hydrogen-bond donors (Lipinski definition) is 0. The van der Waals surface area contributed by atoms with E-state index in [0.717, 1.165) is 11.1 Å². The van der Waals surface area contributed by atoms with Crippen molar-refractivity contribution >= 4 is 16.1 Å². The van der Waals surface area contributed by atoms with Crippen LogP contribution in [0, 0.1) is 0 Å². The van der Waals surface area contributed by atoms with Crippen LogP contribution in [0.1, 0.15) is 27.7 Å². The van der Waals surface area contributed by atoms with Gasteiger partial charge in [0.1, 0.15) is 0 Å². The van der Waals surface area contributed by atoms with Gasteiger partial charge in [0.2, 0.25) is 0 Å². The van der Waals surface area contributed by atoms with Crippen LogP contribution in [0.3, 0.4) is 0 Å². The second-order valence-electron chi connectivity index (χ2n) is 7.04. The van der Waals surface area contributed by atoms with E-state index in [0.29, 0.717) is 0 Å². The van der Waals surface area contributed by atoms with E-state index < -0.39 is 16.1 Å². The Labute approximate surface area is 94.5 Å². The lowest BCUT2D eigenvalue weighted by Crippen LogP contribution is -2.23. The zero-order valence-corrected chi connectivity index (χ0v) is 14.2. The molecule has 0 N–H and O–H groups in total. The molecule has 0 aromatic rings. The normalized spacial score (nSPS) is 12.9. The van der Waals surface area contributed by atoms with Gasteiger partial charge in [-0.25, -0.2) is 0 Å². The maximum atomic E-state index is 2.40. The van der Waals surface area contributed by atoms with Crippen molar-refractivity contribution in [1.82, 2.24) is 0 Å². The molecule has 0 atom stereocenters. The maximum Gasteiger partial charge on any atom is 0.0468 e. The molecule has 0 aromatic carbocycles. The van der Waals surface area contributed by atoms with E-state index in [-0.39, 0.29) is 0 Å². The van der Waals surface area contributed by atoms with Crippen molar-refractivity contribution in [3.63, 3.8) is 0 Å². The molecule has 0 heterocycles. The summed E-state index contributed by atoms with van der Waals surface area (Å²) >= 11 is 0. The molecule has 0 unspecified atom stereocenters. The van der Waals surface area contributed by atoms with Crippen LogP contribution in [0.15, 0.2) is 0 Å². The van der Waals surface area contributed by atoms with E-state index in [2.05, 4.69) is 67.0 Å². The van der Waals surface area contributed by atoms with E-state index in [1.807, 2.05) is 0 Å². The Morgan fingerprint density at radius 2 is 0.571 bits per heavy atom. The molecule has 14 heavy (non-hydrogen) atoms. The van der Waals surface area contributed by atoms with Crippen LogP contribution in [-0.2, 0) is 0 Å². The van der Waals surface area contributed by atoms with E-state index in [1.165, 1.54) is 0 Å². The fourth-order valence-corrected chi connectivity index (χ4v) is 0. The van der Waals surface area contributed by atoms with Gasteiger partial charge in [-0.05, 0) is 0 Å². The third-order valence-corrected chi connectivity index (χ3v) is 10.4. The minimum absolute atomic E-state index is 0.735. The quantitative estimate of drug-likeness (QED) is 0.554. The van der Waals surface area contributed by atoms with Gasteiger partial charge in [-0.2, -0.15) is 0 Å². The Hall–Kier alpha value is 0.434. The van der Waals surface area contributed by atoms with E-state index >= 15 is 0 Å². The average Bonchev–Trinajstić information content (AvgIpc) is 1.83. The average molecular weight is 233 g/mol. The highest BCUT2D eigenvalue weighted by atomic mass is 28.3. The monoisotopic (exact) mass is 232 g/mol. The van der Waals surface area contributed by atoms with E-state index in [4.69, 9.17) is 0 Å². The van der Waals surface area contributed by atoms with E-state index in [9.17, 15) is 0 Å². The van der Waals surface area contributed by atoms with Gasteiger partial charge in [-0.15, -0.1) is 0 Å². The summed E-state index contributed by atoms with van der Waals surface area (Å²) in [6.45, 7) is 23.6. The van der Waals surface area contributed by atoms with Crippen LogP contribution in [0.2, 0.25) is 50.4 Å². The fraction of sp³-hybridized carbons (Fsp3) is 1.00. The van der Waals surface area contributed by atoms with Crippen LogP contribution in [0.25, 0.3) is 0 Å². The van der Waals surface area contributed by atoms with Crippen molar-refractivity contribution in [1.29, 1.82) is 0 Å². The lowest BCUT2D eigenvalue weighted by Gasteiger charge is -2.19. The first-order valence-electron chi connectivity index (χ1n) is 5.89. The van der Waals surface area contributed by atoms with E-state index in [1.54, 1.807) is 0 Å². The Bertz CT molecular complexity index is 117. The molecule has 0 fully saturated rings. The topological polar surface area (TPSA) is 0 Å². The number of hydrogen-bond acceptors (Lipinski definition) is 0. The summed E-state index contributed by atoms with van der Waals surface area (Å²) in [5.74, 6) is 0. The molecule has 0 amide bonds. The molecule has 0 aliphatic carbocycles. The predicted molar refractivity (Wildman–Crippen MR) is 76.9 cm³/mol. The van der Waals surface area contributed by atoms with Gasteiger partial charge >= 0.3 is 0 Å². The third-order valence-electron chi connectivity index (χ3n) is 3.46.